The van der Waals surface area contributed by atoms with Gasteiger partial charge in [0.05, 0.1) is 6.61 Å². The molecular formula is C20H22FNO3. The van der Waals surface area contributed by atoms with Gasteiger partial charge in [-0.15, -0.1) is 0 Å². The van der Waals surface area contributed by atoms with Crippen molar-refractivity contribution in [1.29, 1.82) is 0 Å². The molecule has 0 unspecified atom stereocenters. The molecule has 2 aromatic rings. The van der Waals surface area contributed by atoms with Gasteiger partial charge in [0, 0.05) is 13.6 Å². The summed E-state index contributed by atoms with van der Waals surface area (Å²) >= 11 is 0. The lowest BCUT2D eigenvalue weighted by atomic mass is 10.2. The van der Waals surface area contributed by atoms with Crippen molar-refractivity contribution in [2.75, 3.05) is 20.3 Å². The summed E-state index contributed by atoms with van der Waals surface area (Å²) in [6.07, 6.45) is 2.51. The Morgan fingerprint density at radius 3 is 2.44 bits per heavy atom. The second-order valence-electron chi connectivity index (χ2n) is 6.39. The molecule has 0 N–H and O–H groups in total. The SMILES string of the molecule is CN(Cc1cccc(F)c1)C(=O)COc1ccc(OCC2CC2)cc1. The van der Waals surface area contributed by atoms with Crippen LogP contribution in [-0.4, -0.2) is 31.1 Å². The molecule has 0 saturated heterocycles. The summed E-state index contributed by atoms with van der Waals surface area (Å²) in [4.78, 5) is 13.7. The average Bonchev–Trinajstić information content (AvgIpc) is 3.43. The number of ether oxygens (including phenoxy) is 2. The lowest BCUT2D eigenvalue weighted by Crippen LogP contribution is -2.30. The van der Waals surface area contributed by atoms with Gasteiger partial charge in [0.1, 0.15) is 17.3 Å². The van der Waals surface area contributed by atoms with Gasteiger partial charge in [0.25, 0.3) is 5.91 Å². The Hall–Kier alpha value is -2.56. The third-order valence-electron chi connectivity index (χ3n) is 4.10. The van der Waals surface area contributed by atoms with E-state index in [1.807, 2.05) is 12.1 Å². The van der Waals surface area contributed by atoms with Crippen molar-refractivity contribution in [1.82, 2.24) is 4.90 Å². The van der Waals surface area contributed by atoms with Crippen molar-refractivity contribution >= 4 is 5.91 Å². The minimum atomic E-state index is -0.307. The molecule has 0 aliphatic heterocycles. The summed E-state index contributed by atoms with van der Waals surface area (Å²) in [6.45, 7) is 1.05. The number of halogens is 1. The van der Waals surface area contributed by atoms with Crippen LogP contribution in [0.2, 0.25) is 0 Å². The zero-order valence-corrected chi connectivity index (χ0v) is 14.3. The fourth-order valence-corrected chi connectivity index (χ4v) is 2.38. The molecule has 0 aromatic heterocycles. The second kappa shape index (κ2) is 8.01. The Bertz CT molecular complexity index is 713. The molecule has 1 aliphatic carbocycles. The molecule has 1 amide bonds. The van der Waals surface area contributed by atoms with Crippen LogP contribution in [0.3, 0.4) is 0 Å². The Morgan fingerprint density at radius 1 is 1.12 bits per heavy atom. The highest BCUT2D eigenvalue weighted by Crippen LogP contribution is 2.29. The number of amides is 1. The van der Waals surface area contributed by atoms with Crippen LogP contribution >= 0.6 is 0 Å². The van der Waals surface area contributed by atoms with Gasteiger partial charge in [-0.1, -0.05) is 12.1 Å². The summed E-state index contributed by atoms with van der Waals surface area (Å²) < 4.78 is 24.4. The van der Waals surface area contributed by atoms with Crippen LogP contribution in [0.5, 0.6) is 11.5 Å². The number of nitrogens with zero attached hydrogens (tertiary/aromatic N) is 1. The maximum Gasteiger partial charge on any atom is 0.260 e. The van der Waals surface area contributed by atoms with Gasteiger partial charge in [-0.25, -0.2) is 4.39 Å². The lowest BCUT2D eigenvalue weighted by Gasteiger charge is -2.17. The average molecular weight is 343 g/mol. The quantitative estimate of drug-likeness (QED) is 0.734. The predicted molar refractivity (Wildman–Crippen MR) is 93.0 cm³/mol. The fourth-order valence-electron chi connectivity index (χ4n) is 2.38. The minimum absolute atomic E-state index is 0.0614. The second-order valence-corrected chi connectivity index (χ2v) is 6.39. The lowest BCUT2D eigenvalue weighted by molar-refractivity contribution is -0.132. The van der Waals surface area contributed by atoms with Crippen molar-refractivity contribution < 1.29 is 18.7 Å². The summed E-state index contributed by atoms with van der Waals surface area (Å²) in [5, 5.41) is 0. The van der Waals surface area contributed by atoms with E-state index in [1.165, 1.54) is 29.9 Å². The van der Waals surface area contributed by atoms with Crippen LogP contribution < -0.4 is 9.47 Å². The number of likely N-dealkylation sites (N-methyl/N-ethyl adjacent to an activating group) is 1. The van der Waals surface area contributed by atoms with Crippen LogP contribution in [0.25, 0.3) is 0 Å². The first-order chi connectivity index (χ1) is 12.1. The van der Waals surface area contributed by atoms with Gasteiger partial charge >= 0.3 is 0 Å². The van der Waals surface area contributed by atoms with E-state index < -0.39 is 0 Å². The smallest absolute Gasteiger partial charge is 0.260 e. The van der Waals surface area contributed by atoms with Crippen LogP contribution in [0.15, 0.2) is 48.5 Å². The summed E-state index contributed by atoms with van der Waals surface area (Å²) in [5.74, 6) is 1.67. The molecular weight excluding hydrogens is 321 g/mol. The molecule has 25 heavy (non-hydrogen) atoms. The molecule has 1 saturated carbocycles. The normalized spacial score (nSPS) is 13.4. The first-order valence-electron chi connectivity index (χ1n) is 8.44. The molecule has 132 valence electrons. The fraction of sp³-hybridized carbons (Fsp3) is 0.350. The van der Waals surface area contributed by atoms with Crippen LogP contribution in [0, 0.1) is 11.7 Å². The number of rotatable bonds is 8. The molecule has 2 aromatic carbocycles. The number of benzene rings is 2. The van der Waals surface area contributed by atoms with Crippen molar-refractivity contribution in [2.45, 2.75) is 19.4 Å². The van der Waals surface area contributed by atoms with Crippen LogP contribution in [0.4, 0.5) is 4.39 Å². The monoisotopic (exact) mass is 343 g/mol. The third kappa shape index (κ3) is 5.48. The highest BCUT2D eigenvalue weighted by molar-refractivity contribution is 5.77. The first kappa shape index (κ1) is 17.3. The van der Waals surface area contributed by atoms with E-state index in [4.69, 9.17) is 9.47 Å². The van der Waals surface area contributed by atoms with Gasteiger partial charge in [-0.2, -0.15) is 0 Å². The molecule has 5 heteroatoms. The Labute approximate surface area is 147 Å². The summed E-state index contributed by atoms with van der Waals surface area (Å²) in [5.41, 5.74) is 0.744. The number of hydrogen-bond donors (Lipinski definition) is 0. The van der Waals surface area contributed by atoms with Gasteiger partial charge in [0.15, 0.2) is 6.61 Å². The van der Waals surface area contributed by atoms with Crippen LogP contribution in [0.1, 0.15) is 18.4 Å². The largest absolute Gasteiger partial charge is 0.493 e. The van der Waals surface area contributed by atoms with Crippen molar-refractivity contribution in [3.8, 4) is 11.5 Å². The molecule has 0 bridgehead atoms. The van der Waals surface area contributed by atoms with Crippen LogP contribution in [-0.2, 0) is 11.3 Å². The highest BCUT2D eigenvalue weighted by atomic mass is 19.1. The Kier molecular flexibility index (Phi) is 5.53. The standard InChI is InChI=1S/C20H22FNO3/c1-22(12-16-3-2-4-17(21)11-16)20(23)14-25-19-9-7-18(8-10-19)24-13-15-5-6-15/h2-4,7-11,15H,5-6,12-14H2,1H3. The molecule has 0 radical (unpaired) electrons. The maximum absolute atomic E-state index is 13.2. The van der Waals surface area contributed by atoms with Crippen molar-refractivity contribution in [2.24, 2.45) is 5.92 Å². The highest BCUT2D eigenvalue weighted by Gasteiger charge is 2.21. The van der Waals surface area contributed by atoms with E-state index >= 15 is 0 Å². The van der Waals surface area contributed by atoms with E-state index in [0.29, 0.717) is 18.2 Å². The minimum Gasteiger partial charge on any atom is -0.493 e. The zero-order valence-electron chi connectivity index (χ0n) is 14.3. The molecule has 4 nitrogen and oxygen atoms in total. The number of hydrogen-bond acceptors (Lipinski definition) is 3. The van der Waals surface area contributed by atoms with Gasteiger partial charge < -0.3 is 14.4 Å². The maximum atomic E-state index is 13.2. The van der Waals surface area contributed by atoms with Crippen molar-refractivity contribution in [3.05, 3.63) is 59.9 Å². The summed E-state index contributed by atoms with van der Waals surface area (Å²) in [7, 11) is 1.67. The third-order valence-corrected chi connectivity index (χ3v) is 4.10. The zero-order chi connectivity index (χ0) is 17.6. The van der Waals surface area contributed by atoms with Gasteiger partial charge in [0.2, 0.25) is 0 Å². The van der Waals surface area contributed by atoms with E-state index in [9.17, 15) is 9.18 Å². The Morgan fingerprint density at radius 2 is 1.80 bits per heavy atom. The summed E-state index contributed by atoms with van der Waals surface area (Å²) in [6, 6.07) is 13.5. The van der Waals surface area contributed by atoms with Gasteiger partial charge in [-0.05, 0) is 60.7 Å². The molecule has 0 atom stereocenters. The topological polar surface area (TPSA) is 38.8 Å². The van der Waals surface area contributed by atoms with E-state index in [-0.39, 0.29) is 18.3 Å². The van der Waals surface area contributed by atoms with E-state index in [2.05, 4.69) is 0 Å². The Balaban J connectivity index is 1.44. The molecule has 0 heterocycles. The van der Waals surface area contributed by atoms with Crippen molar-refractivity contribution in [3.63, 3.8) is 0 Å². The van der Waals surface area contributed by atoms with E-state index in [1.54, 1.807) is 31.3 Å². The number of carbonyl (C=O) groups excluding carboxylic acids is 1. The van der Waals surface area contributed by atoms with Gasteiger partial charge in [-0.3, -0.25) is 4.79 Å². The predicted octanol–water partition coefficient (Wildman–Crippen LogP) is 3.65. The first-order valence-corrected chi connectivity index (χ1v) is 8.44. The van der Waals surface area contributed by atoms with E-state index in [0.717, 1.165) is 17.9 Å². The number of carbonyl (C=O) groups is 1. The molecule has 3 rings (SSSR count). The molecule has 0 spiro atoms. The molecule has 1 fully saturated rings. The molecule has 1 aliphatic rings.